The number of nitrogens with zero attached hydrogens (tertiary/aromatic N) is 2. The number of rotatable bonds is 3. The van der Waals surface area contributed by atoms with Crippen LogP contribution in [-0.4, -0.2) is 56.5 Å². The molecule has 0 unspecified atom stereocenters. The van der Waals surface area contributed by atoms with Gasteiger partial charge in [-0.15, -0.1) is 0 Å². The maximum absolute atomic E-state index is 12.4. The van der Waals surface area contributed by atoms with Gasteiger partial charge >= 0.3 is 6.18 Å². The van der Waals surface area contributed by atoms with Crippen LogP contribution < -0.4 is 0 Å². The fraction of sp³-hybridized carbons (Fsp3) is 0.538. The van der Waals surface area contributed by atoms with Crippen LogP contribution >= 0.6 is 0 Å². The largest absolute Gasteiger partial charge is 0.401 e. The smallest absolute Gasteiger partial charge is 0.292 e. The quantitative estimate of drug-likeness (QED) is 0.853. The Labute approximate surface area is 122 Å². The molecule has 1 aliphatic heterocycles. The van der Waals surface area contributed by atoms with Crippen LogP contribution in [0.4, 0.5) is 13.2 Å². The second-order valence-corrected chi connectivity index (χ2v) is 7.05. The van der Waals surface area contributed by atoms with Gasteiger partial charge in [0.25, 0.3) is 0 Å². The second kappa shape index (κ2) is 5.94. The van der Waals surface area contributed by atoms with Gasteiger partial charge in [0, 0.05) is 26.2 Å². The number of halogens is 3. The molecule has 1 aromatic carbocycles. The molecule has 0 radical (unpaired) electrons. The summed E-state index contributed by atoms with van der Waals surface area (Å²) in [4.78, 5) is 1.40. The first kappa shape index (κ1) is 16.3. The predicted molar refractivity (Wildman–Crippen MR) is 72.4 cm³/mol. The zero-order valence-electron chi connectivity index (χ0n) is 11.6. The van der Waals surface area contributed by atoms with Crippen molar-refractivity contribution in [2.24, 2.45) is 0 Å². The van der Waals surface area contributed by atoms with Crippen LogP contribution in [0.25, 0.3) is 0 Å². The number of hydrogen-bond donors (Lipinski definition) is 0. The van der Waals surface area contributed by atoms with Gasteiger partial charge in [-0.2, -0.15) is 17.5 Å². The molecule has 1 aliphatic rings. The summed E-state index contributed by atoms with van der Waals surface area (Å²) in [6, 6.07) is 6.44. The Morgan fingerprint density at radius 1 is 1.05 bits per heavy atom. The molecule has 21 heavy (non-hydrogen) atoms. The minimum Gasteiger partial charge on any atom is -0.292 e. The summed E-state index contributed by atoms with van der Waals surface area (Å²) in [6.45, 7) is 1.19. The fourth-order valence-electron chi connectivity index (χ4n) is 2.24. The summed E-state index contributed by atoms with van der Waals surface area (Å²) in [5, 5.41) is 0. The van der Waals surface area contributed by atoms with Crippen molar-refractivity contribution in [3.63, 3.8) is 0 Å². The summed E-state index contributed by atoms with van der Waals surface area (Å²) < 4.78 is 62.9. The van der Waals surface area contributed by atoms with Crippen molar-refractivity contribution in [2.45, 2.75) is 18.0 Å². The molecule has 0 aliphatic carbocycles. The molecular formula is C13H17F3N2O2S. The number of sulfonamides is 1. The first-order valence-electron chi connectivity index (χ1n) is 6.54. The zero-order chi connectivity index (χ0) is 15.7. The molecule has 0 atom stereocenters. The number of aryl methyl sites for hydroxylation is 1. The van der Waals surface area contributed by atoms with E-state index in [9.17, 15) is 21.6 Å². The Morgan fingerprint density at radius 3 is 2.05 bits per heavy atom. The van der Waals surface area contributed by atoms with Crippen LogP contribution in [0.5, 0.6) is 0 Å². The van der Waals surface area contributed by atoms with Crippen LogP contribution in [0.1, 0.15) is 5.56 Å². The molecule has 0 saturated carbocycles. The van der Waals surface area contributed by atoms with E-state index in [1.807, 2.05) is 6.92 Å². The summed E-state index contributed by atoms with van der Waals surface area (Å²) >= 11 is 0. The average molecular weight is 322 g/mol. The molecule has 1 fully saturated rings. The summed E-state index contributed by atoms with van der Waals surface area (Å²) in [6.07, 6.45) is -4.25. The molecule has 8 heteroatoms. The minimum absolute atomic E-state index is 0.0757. The van der Waals surface area contributed by atoms with Crippen LogP contribution in [-0.2, 0) is 10.0 Å². The van der Waals surface area contributed by atoms with Gasteiger partial charge in [0.05, 0.1) is 11.4 Å². The highest BCUT2D eigenvalue weighted by molar-refractivity contribution is 7.89. The van der Waals surface area contributed by atoms with Crippen molar-refractivity contribution in [2.75, 3.05) is 32.7 Å². The van der Waals surface area contributed by atoms with Crippen LogP contribution in [0, 0.1) is 6.92 Å². The van der Waals surface area contributed by atoms with Gasteiger partial charge < -0.3 is 0 Å². The lowest BCUT2D eigenvalue weighted by molar-refractivity contribution is -0.148. The molecular weight excluding hydrogens is 305 g/mol. The highest BCUT2D eigenvalue weighted by Crippen LogP contribution is 2.21. The SMILES string of the molecule is Cc1ccc(S(=O)(=O)N2CCN(CC(F)(F)F)CC2)cc1. The molecule has 118 valence electrons. The fourth-order valence-corrected chi connectivity index (χ4v) is 3.66. The van der Waals surface area contributed by atoms with Crippen molar-refractivity contribution < 1.29 is 21.6 Å². The van der Waals surface area contributed by atoms with Crippen LogP contribution in [0.15, 0.2) is 29.2 Å². The van der Waals surface area contributed by atoms with E-state index in [0.717, 1.165) is 5.56 Å². The van der Waals surface area contributed by atoms with E-state index >= 15 is 0 Å². The second-order valence-electron chi connectivity index (χ2n) is 5.11. The summed E-state index contributed by atoms with van der Waals surface area (Å²) in [5.74, 6) is 0. The Morgan fingerprint density at radius 2 is 1.57 bits per heavy atom. The monoisotopic (exact) mass is 322 g/mol. The van der Waals surface area contributed by atoms with Gasteiger partial charge in [0.1, 0.15) is 0 Å². The lowest BCUT2D eigenvalue weighted by atomic mass is 10.2. The predicted octanol–water partition coefficient (Wildman–Crippen LogP) is 1.86. The Bertz CT molecular complexity index is 576. The van der Waals surface area contributed by atoms with Gasteiger partial charge in [0.2, 0.25) is 10.0 Å². The van der Waals surface area contributed by atoms with Crippen molar-refractivity contribution in [1.82, 2.24) is 9.21 Å². The standard InChI is InChI=1S/C13H17F3N2O2S/c1-11-2-4-12(5-3-11)21(19,20)18-8-6-17(7-9-18)10-13(14,15)16/h2-5H,6-10H2,1H3. The molecule has 1 aromatic rings. The molecule has 0 bridgehead atoms. The van der Waals surface area contributed by atoms with Gasteiger partial charge in [0.15, 0.2) is 0 Å². The molecule has 1 saturated heterocycles. The third kappa shape index (κ3) is 4.18. The molecule has 0 spiro atoms. The van der Waals surface area contributed by atoms with Gasteiger partial charge in [-0.05, 0) is 19.1 Å². The number of hydrogen-bond acceptors (Lipinski definition) is 3. The van der Waals surface area contributed by atoms with Crippen molar-refractivity contribution in [3.05, 3.63) is 29.8 Å². The van der Waals surface area contributed by atoms with E-state index in [-0.39, 0.29) is 31.1 Å². The van der Waals surface area contributed by atoms with Gasteiger partial charge in [-0.25, -0.2) is 8.42 Å². The zero-order valence-corrected chi connectivity index (χ0v) is 12.4. The molecule has 0 aromatic heterocycles. The Hall–Kier alpha value is -1.12. The molecule has 1 heterocycles. The average Bonchev–Trinajstić information content (AvgIpc) is 2.38. The maximum atomic E-state index is 12.4. The first-order chi connectivity index (χ1) is 9.68. The molecule has 0 amide bonds. The van der Waals surface area contributed by atoms with E-state index in [2.05, 4.69) is 0 Å². The van der Waals surface area contributed by atoms with Crippen LogP contribution in [0.3, 0.4) is 0 Å². The Balaban J connectivity index is 2.03. The molecule has 4 nitrogen and oxygen atoms in total. The third-order valence-corrected chi connectivity index (χ3v) is 5.31. The van der Waals surface area contributed by atoms with E-state index in [0.29, 0.717) is 0 Å². The van der Waals surface area contributed by atoms with Crippen molar-refractivity contribution >= 4 is 10.0 Å². The normalized spacial score (nSPS) is 18.9. The number of benzene rings is 1. The highest BCUT2D eigenvalue weighted by atomic mass is 32.2. The van der Waals surface area contributed by atoms with Crippen molar-refractivity contribution in [1.29, 1.82) is 0 Å². The van der Waals surface area contributed by atoms with Crippen LogP contribution in [0.2, 0.25) is 0 Å². The topological polar surface area (TPSA) is 40.6 Å². The maximum Gasteiger partial charge on any atom is 0.401 e. The first-order valence-corrected chi connectivity index (χ1v) is 7.98. The number of piperazine rings is 1. The van der Waals surface area contributed by atoms with Gasteiger partial charge in [-0.1, -0.05) is 17.7 Å². The molecule has 0 N–H and O–H groups in total. The lowest BCUT2D eigenvalue weighted by Gasteiger charge is -2.34. The minimum atomic E-state index is -4.25. The Kier molecular flexibility index (Phi) is 4.60. The van der Waals surface area contributed by atoms with Crippen molar-refractivity contribution in [3.8, 4) is 0 Å². The van der Waals surface area contributed by atoms with Gasteiger partial charge in [-0.3, -0.25) is 4.90 Å². The summed E-state index contributed by atoms with van der Waals surface area (Å²) in [5.41, 5.74) is 0.948. The van der Waals surface area contributed by atoms with E-state index in [1.54, 1.807) is 12.1 Å². The van der Waals surface area contributed by atoms with E-state index in [1.165, 1.54) is 21.3 Å². The summed E-state index contributed by atoms with van der Waals surface area (Å²) in [7, 11) is -3.62. The highest BCUT2D eigenvalue weighted by Gasteiger charge is 2.34. The number of alkyl halides is 3. The van der Waals surface area contributed by atoms with E-state index < -0.39 is 22.7 Å². The molecule has 2 rings (SSSR count). The lowest BCUT2D eigenvalue weighted by Crippen LogP contribution is -2.50. The third-order valence-electron chi connectivity index (χ3n) is 3.39. The van der Waals surface area contributed by atoms with E-state index in [4.69, 9.17) is 0 Å².